The van der Waals surface area contributed by atoms with Crippen LogP contribution in [0.1, 0.15) is 91.7 Å². The molecule has 0 spiro atoms. The largest absolute Gasteiger partial charge is 0.0909 e. The van der Waals surface area contributed by atoms with Crippen molar-refractivity contribution >= 4 is 11.1 Å². The minimum Gasteiger partial charge on any atom is -0.0909 e. The number of rotatable bonds is 5. The molecular formula is C31H36. The number of hydrogen-bond acceptors (Lipinski definition) is 0. The lowest BCUT2D eigenvalue weighted by Gasteiger charge is -2.27. The van der Waals surface area contributed by atoms with E-state index in [0.717, 1.165) is 25.2 Å². The van der Waals surface area contributed by atoms with Gasteiger partial charge in [0.1, 0.15) is 0 Å². The summed E-state index contributed by atoms with van der Waals surface area (Å²) >= 11 is 0. The summed E-state index contributed by atoms with van der Waals surface area (Å²) in [4.78, 5) is 0. The molecule has 2 aromatic carbocycles. The molecule has 0 heterocycles. The molecule has 2 aromatic rings. The molecule has 0 aliphatic heterocycles. The molecule has 1 unspecified atom stereocenters. The predicted molar refractivity (Wildman–Crippen MR) is 134 cm³/mol. The number of aryl methyl sites for hydroxylation is 1. The van der Waals surface area contributed by atoms with Gasteiger partial charge in [0.05, 0.1) is 0 Å². The fourth-order valence-electron chi connectivity index (χ4n) is 6.39. The van der Waals surface area contributed by atoms with Crippen LogP contribution in [0.4, 0.5) is 0 Å². The molecule has 0 N–H and O–H groups in total. The first-order chi connectivity index (χ1) is 15.2. The second kappa shape index (κ2) is 8.65. The quantitative estimate of drug-likeness (QED) is 0.465. The van der Waals surface area contributed by atoms with E-state index in [1.807, 2.05) is 0 Å². The fraction of sp³-hybridized carbons (Fsp3) is 0.419. The molecular weight excluding hydrogens is 372 g/mol. The third-order valence-electron chi connectivity index (χ3n) is 8.01. The highest BCUT2D eigenvalue weighted by Crippen LogP contribution is 2.44. The second-order valence-corrected chi connectivity index (χ2v) is 10.0. The highest BCUT2D eigenvalue weighted by Gasteiger charge is 2.28. The van der Waals surface area contributed by atoms with Crippen LogP contribution in [0.3, 0.4) is 0 Å². The summed E-state index contributed by atoms with van der Waals surface area (Å²) in [7, 11) is 0. The van der Waals surface area contributed by atoms with Crippen LogP contribution in [-0.4, -0.2) is 0 Å². The molecule has 160 valence electrons. The van der Waals surface area contributed by atoms with Gasteiger partial charge in [0.25, 0.3) is 0 Å². The molecule has 1 atom stereocenters. The van der Waals surface area contributed by atoms with Crippen LogP contribution in [0, 0.1) is 5.92 Å². The summed E-state index contributed by atoms with van der Waals surface area (Å²) in [6, 6.07) is 13.6. The van der Waals surface area contributed by atoms with Crippen molar-refractivity contribution in [1.29, 1.82) is 0 Å². The molecule has 0 aromatic heterocycles. The Hall–Kier alpha value is -2.34. The smallest absolute Gasteiger partial charge is 0.00105 e. The Morgan fingerprint density at radius 1 is 1.03 bits per heavy atom. The van der Waals surface area contributed by atoms with Gasteiger partial charge in [-0.05, 0) is 87.6 Å². The van der Waals surface area contributed by atoms with Gasteiger partial charge in [0, 0.05) is 0 Å². The lowest BCUT2D eigenvalue weighted by atomic mass is 9.78. The van der Waals surface area contributed by atoms with Crippen molar-refractivity contribution in [3.8, 4) is 0 Å². The summed E-state index contributed by atoms with van der Waals surface area (Å²) in [5, 5.41) is 0. The molecule has 0 heteroatoms. The van der Waals surface area contributed by atoms with Crippen LogP contribution < -0.4 is 0 Å². The van der Waals surface area contributed by atoms with E-state index in [4.69, 9.17) is 0 Å². The number of allylic oxidation sites excluding steroid dienone is 5. The molecule has 1 saturated carbocycles. The van der Waals surface area contributed by atoms with E-state index >= 15 is 0 Å². The number of fused-ring (bicyclic) bond motifs is 2. The summed E-state index contributed by atoms with van der Waals surface area (Å²) in [6.07, 6.45) is 16.6. The molecule has 3 aliphatic carbocycles. The minimum absolute atomic E-state index is 0.645. The lowest BCUT2D eigenvalue weighted by Crippen LogP contribution is -2.12. The topological polar surface area (TPSA) is 0 Å². The van der Waals surface area contributed by atoms with E-state index in [9.17, 15) is 0 Å². The molecule has 0 saturated heterocycles. The monoisotopic (exact) mass is 408 g/mol. The summed E-state index contributed by atoms with van der Waals surface area (Å²) < 4.78 is 0. The van der Waals surface area contributed by atoms with Crippen LogP contribution in [0.2, 0.25) is 0 Å². The molecule has 1 fully saturated rings. The lowest BCUT2D eigenvalue weighted by molar-refractivity contribution is 0.322. The van der Waals surface area contributed by atoms with Crippen molar-refractivity contribution in [2.75, 3.05) is 0 Å². The highest BCUT2D eigenvalue weighted by atomic mass is 14.3. The van der Waals surface area contributed by atoms with E-state index in [1.54, 1.807) is 16.7 Å². The van der Waals surface area contributed by atoms with Crippen molar-refractivity contribution in [3.63, 3.8) is 0 Å². The zero-order valence-electron chi connectivity index (χ0n) is 19.3. The molecule has 31 heavy (non-hydrogen) atoms. The van der Waals surface area contributed by atoms with Gasteiger partial charge in [0.15, 0.2) is 0 Å². The zero-order chi connectivity index (χ0) is 21.4. The SMILES string of the molecule is C=C1/C(=C/C2=CCc3ccccc32)Cc2c1ccc(CC)c2C(C)CC1CCCCC1. The highest BCUT2D eigenvalue weighted by molar-refractivity contribution is 5.91. The molecule has 5 rings (SSSR count). The van der Waals surface area contributed by atoms with Gasteiger partial charge in [-0.15, -0.1) is 0 Å². The zero-order valence-corrected chi connectivity index (χ0v) is 19.3. The Bertz CT molecular complexity index is 1060. The molecule has 0 radical (unpaired) electrons. The third kappa shape index (κ3) is 3.86. The Labute approximate surface area is 188 Å². The van der Waals surface area contributed by atoms with E-state index < -0.39 is 0 Å². The second-order valence-electron chi connectivity index (χ2n) is 10.0. The maximum absolute atomic E-state index is 4.55. The molecule has 0 amide bonds. The van der Waals surface area contributed by atoms with Gasteiger partial charge in [-0.1, -0.05) is 101 Å². The first-order valence-electron chi connectivity index (χ1n) is 12.5. The van der Waals surface area contributed by atoms with Crippen LogP contribution in [0.25, 0.3) is 11.1 Å². The van der Waals surface area contributed by atoms with Crippen molar-refractivity contribution in [2.24, 2.45) is 5.92 Å². The van der Waals surface area contributed by atoms with Crippen molar-refractivity contribution in [3.05, 3.63) is 94.1 Å². The van der Waals surface area contributed by atoms with Gasteiger partial charge < -0.3 is 0 Å². The van der Waals surface area contributed by atoms with Crippen molar-refractivity contribution in [1.82, 2.24) is 0 Å². The number of hydrogen-bond donors (Lipinski definition) is 0. The van der Waals surface area contributed by atoms with Crippen molar-refractivity contribution < 1.29 is 0 Å². The van der Waals surface area contributed by atoms with E-state index in [1.165, 1.54) is 71.9 Å². The Kier molecular flexibility index (Phi) is 5.74. The van der Waals surface area contributed by atoms with Gasteiger partial charge in [-0.25, -0.2) is 0 Å². The molecule has 0 bridgehead atoms. The van der Waals surface area contributed by atoms with Gasteiger partial charge >= 0.3 is 0 Å². The van der Waals surface area contributed by atoms with Crippen LogP contribution >= 0.6 is 0 Å². The maximum Gasteiger partial charge on any atom is -0.00105 e. The Balaban J connectivity index is 1.46. The average molecular weight is 409 g/mol. The van der Waals surface area contributed by atoms with E-state index in [0.29, 0.717) is 5.92 Å². The minimum atomic E-state index is 0.645. The van der Waals surface area contributed by atoms with Gasteiger partial charge in [0.2, 0.25) is 0 Å². The van der Waals surface area contributed by atoms with Crippen LogP contribution in [0.15, 0.2) is 60.7 Å². The maximum atomic E-state index is 4.55. The van der Waals surface area contributed by atoms with Crippen molar-refractivity contribution in [2.45, 2.75) is 77.6 Å². The average Bonchev–Trinajstić information content (AvgIpc) is 3.35. The fourth-order valence-corrected chi connectivity index (χ4v) is 6.39. The van der Waals surface area contributed by atoms with Crippen LogP contribution in [0.5, 0.6) is 0 Å². The van der Waals surface area contributed by atoms with E-state index in [2.05, 4.69) is 69.0 Å². The summed E-state index contributed by atoms with van der Waals surface area (Å²) in [6.45, 7) is 9.36. The molecule has 0 nitrogen and oxygen atoms in total. The third-order valence-corrected chi connectivity index (χ3v) is 8.01. The standard InChI is InChI=1S/C31H36/c1-4-24-16-17-28-22(3)27(19-26-15-14-25-12-8-9-13-29(25)26)20-30(28)31(24)21(2)18-23-10-6-5-7-11-23/h8-9,12-13,15-17,19,21,23H,3-7,10-11,14,18,20H2,1-2H3/b27-19+. The number of benzene rings is 2. The van der Waals surface area contributed by atoms with E-state index in [-0.39, 0.29) is 0 Å². The predicted octanol–water partition coefficient (Wildman–Crippen LogP) is 8.46. The van der Waals surface area contributed by atoms with Gasteiger partial charge in [-0.2, -0.15) is 0 Å². The molecule has 3 aliphatic rings. The summed E-state index contributed by atoms with van der Waals surface area (Å²) in [5.74, 6) is 1.57. The normalized spacial score (nSPS) is 20.6. The van der Waals surface area contributed by atoms with Gasteiger partial charge in [-0.3, -0.25) is 0 Å². The summed E-state index contributed by atoms with van der Waals surface area (Å²) in [5.41, 5.74) is 13.1. The first kappa shape index (κ1) is 20.6. The Morgan fingerprint density at radius 3 is 2.65 bits per heavy atom. The first-order valence-corrected chi connectivity index (χ1v) is 12.5. The Morgan fingerprint density at radius 2 is 1.84 bits per heavy atom. The van der Waals surface area contributed by atoms with Crippen LogP contribution in [-0.2, 0) is 19.3 Å².